The van der Waals surface area contributed by atoms with Gasteiger partial charge in [-0.1, -0.05) is 0 Å². The highest BCUT2D eigenvalue weighted by molar-refractivity contribution is 5.07. The number of hydrogen-bond donors (Lipinski definition) is 2. The smallest absolute Gasteiger partial charge is 0.117 e. The van der Waals surface area contributed by atoms with Gasteiger partial charge in [0.15, 0.2) is 0 Å². The predicted octanol–water partition coefficient (Wildman–Crippen LogP) is 2.16. The molecule has 2 rings (SSSR count). The molecular weight excluding hydrogens is 190 g/mol. The number of aromatic amines is 1. The van der Waals surface area contributed by atoms with Gasteiger partial charge in [-0.3, -0.25) is 5.10 Å². The molecule has 2 heterocycles. The summed E-state index contributed by atoms with van der Waals surface area (Å²) in [6.07, 6.45) is 1.75. The van der Waals surface area contributed by atoms with Crippen LogP contribution in [0.25, 0.3) is 0 Å². The first kappa shape index (κ1) is 9.98. The minimum Gasteiger partial charge on any atom is -0.465 e. The van der Waals surface area contributed by atoms with Gasteiger partial charge in [0.2, 0.25) is 0 Å². The number of aryl methyl sites for hydroxylation is 1. The van der Waals surface area contributed by atoms with E-state index < -0.39 is 0 Å². The molecule has 80 valence electrons. The third-order valence-corrected chi connectivity index (χ3v) is 2.37. The molecule has 0 aliphatic carbocycles. The Morgan fingerprint density at radius 1 is 1.47 bits per heavy atom. The van der Waals surface area contributed by atoms with E-state index in [0.717, 1.165) is 23.8 Å². The quantitative estimate of drug-likeness (QED) is 0.804. The van der Waals surface area contributed by atoms with Crippen molar-refractivity contribution in [3.8, 4) is 0 Å². The Balaban J connectivity index is 1.88. The van der Waals surface area contributed by atoms with Gasteiger partial charge >= 0.3 is 0 Å². The van der Waals surface area contributed by atoms with E-state index in [1.165, 1.54) is 0 Å². The van der Waals surface area contributed by atoms with Crippen LogP contribution < -0.4 is 5.32 Å². The molecule has 0 saturated carbocycles. The van der Waals surface area contributed by atoms with Crippen molar-refractivity contribution in [2.45, 2.75) is 26.4 Å². The van der Waals surface area contributed by atoms with Crippen LogP contribution in [0, 0.1) is 6.92 Å². The zero-order valence-corrected chi connectivity index (χ0v) is 8.95. The van der Waals surface area contributed by atoms with Crippen molar-refractivity contribution in [2.75, 3.05) is 0 Å². The van der Waals surface area contributed by atoms with Crippen LogP contribution in [-0.4, -0.2) is 10.2 Å². The van der Waals surface area contributed by atoms with Crippen LogP contribution in [0.1, 0.15) is 30.2 Å². The average molecular weight is 205 g/mol. The summed E-state index contributed by atoms with van der Waals surface area (Å²) in [5.41, 5.74) is 1.08. The zero-order chi connectivity index (χ0) is 10.7. The second-order valence-electron chi connectivity index (χ2n) is 3.63. The fourth-order valence-electron chi connectivity index (χ4n) is 1.45. The van der Waals surface area contributed by atoms with Gasteiger partial charge in [0.1, 0.15) is 11.5 Å². The monoisotopic (exact) mass is 205 g/mol. The maximum Gasteiger partial charge on any atom is 0.117 e. The summed E-state index contributed by atoms with van der Waals surface area (Å²) in [6.45, 7) is 4.76. The molecule has 0 bridgehead atoms. The van der Waals surface area contributed by atoms with Crippen molar-refractivity contribution in [2.24, 2.45) is 0 Å². The minimum atomic E-state index is 0.248. The zero-order valence-electron chi connectivity index (χ0n) is 8.95. The molecule has 0 radical (unpaired) electrons. The molecule has 1 unspecified atom stereocenters. The van der Waals surface area contributed by atoms with Crippen LogP contribution in [0.2, 0.25) is 0 Å². The molecule has 0 fully saturated rings. The molecule has 2 aromatic heterocycles. The first-order valence-corrected chi connectivity index (χ1v) is 5.03. The lowest BCUT2D eigenvalue weighted by Crippen LogP contribution is -2.18. The fraction of sp³-hybridized carbons (Fsp3) is 0.364. The van der Waals surface area contributed by atoms with Crippen molar-refractivity contribution >= 4 is 0 Å². The summed E-state index contributed by atoms with van der Waals surface area (Å²) in [5.74, 6) is 1.90. The summed E-state index contributed by atoms with van der Waals surface area (Å²) in [4.78, 5) is 0. The molecule has 2 N–H and O–H groups in total. The molecule has 0 aliphatic heterocycles. The largest absolute Gasteiger partial charge is 0.465 e. The number of H-pyrrole nitrogens is 1. The molecule has 0 saturated heterocycles. The normalized spacial score (nSPS) is 12.9. The first-order valence-electron chi connectivity index (χ1n) is 5.03. The Hall–Kier alpha value is -1.55. The van der Waals surface area contributed by atoms with Crippen LogP contribution in [0.4, 0.5) is 0 Å². The van der Waals surface area contributed by atoms with Crippen LogP contribution in [0.3, 0.4) is 0 Å². The number of aromatic nitrogens is 2. The third-order valence-electron chi connectivity index (χ3n) is 2.37. The van der Waals surface area contributed by atoms with E-state index in [1.807, 2.05) is 25.1 Å². The van der Waals surface area contributed by atoms with E-state index in [4.69, 9.17) is 4.42 Å². The minimum absolute atomic E-state index is 0.248. The Labute approximate surface area is 88.7 Å². The first-order chi connectivity index (χ1) is 7.25. The Morgan fingerprint density at radius 2 is 2.33 bits per heavy atom. The van der Waals surface area contributed by atoms with E-state index in [2.05, 4.69) is 22.4 Å². The van der Waals surface area contributed by atoms with E-state index in [9.17, 15) is 0 Å². The van der Waals surface area contributed by atoms with Gasteiger partial charge in [-0.2, -0.15) is 5.10 Å². The van der Waals surface area contributed by atoms with Crippen molar-refractivity contribution in [3.05, 3.63) is 41.6 Å². The van der Waals surface area contributed by atoms with Crippen LogP contribution >= 0.6 is 0 Å². The standard InChI is InChI=1S/C11H15N3O/c1-8-3-4-10(15-8)7-12-9(2)11-5-6-13-14-11/h3-6,9,12H,7H2,1-2H3,(H,13,14). The van der Waals surface area contributed by atoms with E-state index in [0.29, 0.717) is 0 Å². The summed E-state index contributed by atoms with van der Waals surface area (Å²) in [6, 6.07) is 6.17. The molecule has 0 aromatic carbocycles. The fourth-order valence-corrected chi connectivity index (χ4v) is 1.45. The summed E-state index contributed by atoms with van der Waals surface area (Å²) in [5, 5.41) is 10.2. The maximum absolute atomic E-state index is 5.46. The Kier molecular flexibility index (Phi) is 2.87. The van der Waals surface area contributed by atoms with Crippen molar-refractivity contribution in [1.82, 2.24) is 15.5 Å². The SMILES string of the molecule is Cc1ccc(CNC(C)c2ccn[nH]2)o1. The number of nitrogens with one attached hydrogen (secondary N) is 2. The second-order valence-corrected chi connectivity index (χ2v) is 3.63. The van der Waals surface area contributed by atoms with E-state index in [1.54, 1.807) is 6.20 Å². The third kappa shape index (κ3) is 2.47. The maximum atomic E-state index is 5.46. The number of furan rings is 1. The van der Waals surface area contributed by atoms with Crippen LogP contribution in [0.5, 0.6) is 0 Å². The molecule has 0 spiro atoms. The van der Waals surface area contributed by atoms with Gasteiger partial charge in [0.05, 0.1) is 12.2 Å². The van der Waals surface area contributed by atoms with E-state index in [-0.39, 0.29) is 6.04 Å². The van der Waals surface area contributed by atoms with Gasteiger partial charge in [0.25, 0.3) is 0 Å². The molecule has 2 aromatic rings. The Morgan fingerprint density at radius 3 is 2.93 bits per heavy atom. The number of rotatable bonds is 4. The predicted molar refractivity (Wildman–Crippen MR) is 57.3 cm³/mol. The molecule has 4 nitrogen and oxygen atoms in total. The molecule has 4 heteroatoms. The van der Waals surface area contributed by atoms with Gasteiger partial charge in [0, 0.05) is 12.2 Å². The lowest BCUT2D eigenvalue weighted by molar-refractivity contribution is 0.441. The Bertz CT molecular complexity index is 405. The molecule has 15 heavy (non-hydrogen) atoms. The molecule has 1 atom stereocenters. The van der Waals surface area contributed by atoms with Crippen molar-refractivity contribution in [1.29, 1.82) is 0 Å². The van der Waals surface area contributed by atoms with Crippen LogP contribution in [0.15, 0.2) is 28.8 Å². The molecular formula is C11H15N3O. The van der Waals surface area contributed by atoms with Crippen molar-refractivity contribution in [3.63, 3.8) is 0 Å². The highest BCUT2D eigenvalue weighted by Crippen LogP contribution is 2.10. The van der Waals surface area contributed by atoms with Crippen molar-refractivity contribution < 1.29 is 4.42 Å². The summed E-state index contributed by atoms with van der Waals surface area (Å²) >= 11 is 0. The van der Waals surface area contributed by atoms with E-state index >= 15 is 0 Å². The van der Waals surface area contributed by atoms with Gasteiger partial charge in [-0.25, -0.2) is 0 Å². The average Bonchev–Trinajstić information content (AvgIpc) is 2.84. The molecule has 0 amide bonds. The van der Waals surface area contributed by atoms with Crippen LogP contribution in [-0.2, 0) is 6.54 Å². The van der Waals surface area contributed by atoms with Gasteiger partial charge < -0.3 is 9.73 Å². The van der Waals surface area contributed by atoms with Gasteiger partial charge in [-0.15, -0.1) is 0 Å². The lowest BCUT2D eigenvalue weighted by atomic mass is 10.2. The lowest BCUT2D eigenvalue weighted by Gasteiger charge is -2.10. The highest BCUT2D eigenvalue weighted by atomic mass is 16.3. The topological polar surface area (TPSA) is 53.9 Å². The number of nitrogens with zero attached hydrogens (tertiary/aromatic N) is 1. The second kappa shape index (κ2) is 4.31. The summed E-state index contributed by atoms with van der Waals surface area (Å²) < 4.78 is 5.46. The highest BCUT2D eigenvalue weighted by Gasteiger charge is 2.06. The van der Waals surface area contributed by atoms with Gasteiger partial charge in [-0.05, 0) is 32.0 Å². The molecule has 0 aliphatic rings. The summed E-state index contributed by atoms with van der Waals surface area (Å²) in [7, 11) is 0. The number of hydrogen-bond acceptors (Lipinski definition) is 3.